The molecule has 0 amide bonds. The quantitative estimate of drug-likeness (QED) is 0.743. The molecule has 2 heterocycles. The van der Waals surface area contributed by atoms with Crippen LogP contribution in [0.1, 0.15) is 17.0 Å². The van der Waals surface area contributed by atoms with E-state index in [1.807, 2.05) is 56.3 Å². The molecule has 0 aliphatic carbocycles. The summed E-state index contributed by atoms with van der Waals surface area (Å²) >= 11 is 0. The van der Waals surface area contributed by atoms with Gasteiger partial charge in [0.25, 0.3) is 0 Å². The molecule has 5 nitrogen and oxygen atoms in total. The molecular weight excluding hydrogens is 276 g/mol. The highest BCUT2D eigenvalue weighted by Crippen LogP contribution is 2.19. The predicted molar refractivity (Wildman–Crippen MR) is 87.3 cm³/mol. The maximum absolute atomic E-state index is 5.31. The zero-order valence-electron chi connectivity index (χ0n) is 12.6. The molecule has 0 spiro atoms. The van der Waals surface area contributed by atoms with Crippen molar-refractivity contribution in [3.63, 3.8) is 0 Å². The van der Waals surface area contributed by atoms with E-state index in [0.29, 0.717) is 12.5 Å². The van der Waals surface area contributed by atoms with E-state index in [-0.39, 0.29) is 0 Å². The first-order valence-corrected chi connectivity index (χ1v) is 7.15. The Hall–Kier alpha value is -2.82. The van der Waals surface area contributed by atoms with Crippen molar-refractivity contribution in [1.82, 2.24) is 9.97 Å². The molecule has 0 aliphatic heterocycles. The van der Waals surface area contributed by atoms with Gasteiger partial charge in [-0.1, -0.05) is 18.2 Å². The van der Waals surface area contributed by atoms with Crippen molar-refractivity contribution >= 4 is 17.5 Å². The van der Waals surface area contributed by atoms with Gasteiger partial charge in [0.1, 0.15) is 11.6 Å². The summed E-state index contributed by atoms with van der Waals surface area (Å²) in [6.07, 6.45) is 1.66. The smallest absolute Gasteiger partial charge is 0.229 e. The van der Waals surface area contributed by atoms with Crippen LogP contribution in [-0.4, -0.2) is 9.97 Å². The van der Waals surface area contributed by atoms with E-state index in [0.717, 1.165) is 28.5 Å². The molecule has 2 aromatic heterocycles. The molecule has 0 saturated carbocycles. The van der Waals surface area contributed by atoms with Gasteiger partial charge in [-0.25, -0.2) is 4.98 Å². The largest absolute Gasteiger partial charge is 0.467 e. The Morgan fingerprint density at radius 2 is 1.91 bits per heavy atom. The monoisotopic (exact) mass is 294 g/mol. The average Bonchev–Trinajstić information content (AvgIpc) is 3.00. The van der Waals surface area contributed by atoms with Crippen LogP contribution >= 0.6 is 0 Å². The Morgan fingerprint density at radius 3 is 2.68 bits per heavy atom. The van der Waals surface area contributed by atoms with Crippen LogP contribution in [0.25, 0.3) is 0 Å². The third-order valence-corrected chi connectivity index (χ3v) is 3.27. The fraction of sp³-hybridized carbons (Fsp3) is 0.176. The van der Waals surface area contributed by atoms with Crippen LogP contribution in [0.2, 0.25) is 0 Å². The highest BCUT2D eigenvalue weighted by atomic mass is 16.3. The van der Waals surface area contributed by atoms with Gasteiger partial charge in [-0.15, -0.1) is 0 Å². The first-order chi connectivity index (χ1) is 10.7. The van der Waals surface area contributed by atoms with E-state index >= 15 is 0 Å². The zero-order valence-corrected chi connectivity index (χ0v) is 12.6. The Morgan fingerprint density at radius 1 is 1.05 bits per heavy atom. The normalized spacial score (nSPS) is 10.5. The molecule has 22 heavy (non-hydrogen) atoms. The van der Waals surface area contributed by atoms with Gasteiger partial charge in [-0.2, -0.15) is 4.98 Å². The second kappa shape index (κ2) is 6.30. The number of nitrogens with one attached hydrogen (secondary N) is 2. The fourth-order valence-corrected chi connectivity index (χ4v) is 2.14. The molecule has 0 atom stereocenters. The minimum atomic E-state index is 0.580. The number of furan rings is 1. The number of rotatable bonds is 5. The average molecular weight is 294 g/mol. The molecule has 0 radical (unpaired) electrons. The molecule has 0 aliphatic rings. The van der Waals surface area contributed by atoms with Crippen LogP contribution in [0.15, 0.2) is 53.1 Å². The van der Waals surface area contributed by atoms with Gasteiger partial charge in [0.15, 0.2) is 0 Å². The van der Waals surface area contributed by atoms with Gasteiger partial charge in [-0.05, 0) is 37.6 Å². The third kappa shape index (κ3) is 3.44. The number of aromatic nitrogens is 2. The Kier molecular flexibility index (Phi) is 4.05. The molecule has 0 bridgehead atoms. The summed E-state index contributed by atoms with van der Waals surface area (Å²) in [5.74, 6) is 2.21. The number of benzene rings is 1. The van der Waals surface area contributed by atoms with E-state index in [1.165, 1.54) is 0 Å². The summed E-state index contributed by atoms with van der Waals surface area (Å²) in [4.78, 5) is 8.92. The minimum Gasteiger partial charge on any atom is -0.467 e. The maximum Gasteiger partial charge on any atom is 0.229 e. The lowest BCUT2D eigenvalue weighted by atomic mass is 10.2. The summed E-state index contributed by atoms with van der Waals surface area (Å²) in [5, 5.41) is 6.50. The molecule has 112 valence electrons. The van der Waals surface area contributed by atoms with Crippen LogP contribution in [0.3, 0.4) is 0 Å². The third-order valence-electron chi connectivity index (χ3n) is 3.27. The van der Waals surface area contributed by atoms with Gasteiger partial charge in [-0.3, -0.25) is 0 Å². The van der Waals surface area contributed by atoms with Gasteiger partial charge in [0, 0.05) is 17.4 Å². The molecule has 0 saturated heterocycles. The number of aryl methyl sites for hydroxylation is 2. The molecule has 1 aromatic carbocycles. The van der Waals surface area contributed by atoms with Gasteiger partial charge < -0.3 is 15.1 Å². The van der Waals surface area contributed by atoms with Crippen molar-refractivity contribution in [3.05, 3.63) is 65.7 Å². The Bertz CT molecular complexity index is 753. The molecule has 5 heteroatoms. The first kappa shape index (κ1) is 14.1. The van der Waals surface area contributed by atoms with Crippen molar-refractivity contribution in [3.8, 4) is 0 Å². The number of hydrogen-bond donors (Lipinski definition) is 2. The van der Waals surface area contributed by atoms with Crippen molar-refractivity contribution in [2.45, 2.75) is 20.4 Å². The Labute approximate surface area is 129 Å². The van der Waals surface area contributed by atoms with E-state index in [2.05, 4.69) is 20.6 Å². The van der Waals surface area contributed by atoms with Crippen molar-refractivity contribution in [2.75, 3.05) is 10.6 Å². The SMILES string of the molecule is Cc1cc(NCc2ccco2)nc(Nc2ccccc2C)n1. The lowest BCUT2D eigenvalue weighted by Crippen LogP contribution is -2.05. The lowest BCUT2D eigenvalue weighted by Gasteiger charge is -2.10. The first-order valence-electron chi connectivity index (χ1n) is 7.15. The van der Waals surface area contributed by atoms with E-state index in [1.54, 1.807) is 6.26 Å². The maximum atomic E-state index is 5.31. The van der Waals surface area contributed by atoms with Gasteiger partial charge >= 0.3 is 0 Å². The second-order valence-electron chi connectivity index (χ2n) is 5.09. The van der Waals surface area contributed by atoms with E-state index in [9.17, 15) is 0 Å². The lowest BCUT2D eigenvalue weighted by molar-refractivity contribution is 0.518. The molecule has 2 N–H and O–H groups in total. The summed E-state index contributed by atoms with van der Waals surface area (Å²) < 4.78 is 5.31. The standard InChI is InChI=1S/C17H18N4O/c1-12-6-3-4-8-15(12)20-17-19-13(2)10-16(21-17)18-11-14-7-5-9-22-14/h3-10H,11H2,1-2H3,(H2,18,19,20,21). The zero-order chi connectivity index (χ0) is 15.4. The van der Waals surface area contributed by atoms with E-state index in [4.69, 9.17) is 4.42 Å². The molecule has 0 fully saturated rings. The molecule has 0 unspecified atom stereocenters. The molecular formula is C17H18N4O. The van der Waals surface area contributed by atoms with Crippen LogP contribution in [0.5, 0.6) is 0 Å². The van der Waals surface area contributed by atoms with Crippen molar-refractivity contribution in [2.24, 2.45) is 0 Å². The number of hydrogen-bond acceptors (Lipinski definition) is 5. The van der Waals surface area contributed by atoms with Crippen LogP contribution in [-0.2, 0) is 6.54 Å². The minimum absolute atomic E-state index is 0.580. The highest BCUT2D eigenvalue weighted by molar-refractivity contribution is 5.59. The number of anilines is 3. The summed E-state index contributed by atoms with van der Waals surface area (Å²) in [6.45, 7) is 4.59. The second-order valence-corrected chi connectivity index (χ2v) is 5.09. The van der Waals surface area contributed by atoms with Crippen molar-refractivity contribution < 1.29 is 4.42 Å². The van der Waals surface area contributed by atoms with Crippen LogP contribution in [0, 0.1) is 13.8 Å². The van der Waals surface area contributed by atoms with Gasteiger partial charge in [0.05, 0.1) is 12.8 Å². The summed E-state index contributed by atoms with van der Waals surface area (Å²) in [5.41, 5.74) is 3.05. The Balaban J connectivity index is 1.76. The highest BCUT2D eigenvalue weighted by Gasteiger charge is 2.05. The molecule has 3 rings (SSSR count). The van der Waals surface area contributed by atoms with Gasteiger partial charge in [0.2, 0.25) is 5.95 Å². The fourth-order valence-electron chi connectivity index (χ4n) is 2.14. The van der Waals surface area contributed by atoms with Crippen LogP contribution < -0.4 is 10.6 Å². The van der Waals surface area contributed by atoms with Crippen LogP contribution in [0.4, 0.5) is 17.5 Å². The summed E-state index contributed by atoms with van der Waals surface area (Å²) in [6, 6.07) is 13.8. The van der Waals surface area contributed by atoms with Crippen molar-refractivity contribution in [1.29, 1.82) is 0 Å². The molecule has 3 aromatic rings. The predicted octanol–water partition coefficient (Wildman–Crippen LogP) is 4.04. The number of nitrogens with zero attached hydrogens (tertiary/aromatic N) is 2. The number of para-hydroxylation sites is 1. The summed E-state index contributed by atoms with van der Waals surface area (Å²) in [7, 11) is 0. The van der Waals surface area contributed by atoms with E-state index < -0.39 is 0 Å². The topological polar surface area (TPSA) is 63.0 Å².